The molecule has 4 unspecified atom stereocenters. The number of ether oxygens (including phenoxy) is 1. The highest BCUT2D eigenvalue weighted by atomic mass is 16.5. The number of amides is 1. The lowest BCUT2D eigenvalue weighted by Crippen LogP contribution is -2.41. The van der Waals surface area contributed by atoms with E-state index in [1.165, 1.54) is 19.3 Å². The van der Waals surface area contributed by atoms with Crippen molar-refractivity contribution in [3.8, 4) is 0 Å². The molecule has 110 valence electrons. The first-order valence-electron chi connectivity index (χ1n) is 7.41. The lowest BCUT2D eigenvalue weighted by Gasteiger charge is -2.39. The van der Waals surface area contributed by atoms with E-state index in [1.54, 1.807) is 7.05 Å². The van der Waals surface area contributed by atoms with Crippen molar-refractivity contribution in [3.05, 3.63) is 0 Å². The second-order valence-corrected chi connectivity index (χ2v) is 7.00. The first kappa shape index (κ1) is 14.8. The van der Waals surface area contributed by atoms with Crippen LogP contribution in [0.4, 0.5) is 0 Å². The summed E-state index contributed by atoms with van der Waals surface area (Å²) >= 11 is 0. The summed E-state index contributed by atoms with van der Waals surface area (Å²) in [6.45, 7) is 7.74. The van der Waals surface area contributed by atoms with Gasteiger partial charge < -0.3 is 15.8 Å². The molecular formula is C15H28N2O2. The molecule has 0 aromatic heterocycles. The molecule has 2 bridgehead atoms. The Morgan fingerprint density at radius 1 is 1.47 bits per heavy atom. The van der Waals surface area contributed by atoms with Gasteiger partial charge in [0.25, 0.3) is 0 Å². The van der Waals surface area contributed by atoms with Crippen molar-refractivity contribution >= 4 is 5.91 Å². The molecule has 0 aromatic carbocycles. The third-order valence-electron chi connectivity index (χ3n) is 6.13. The molecule has 2 saturated carbocycles. The molecule has 1 amide bonds. The van der Waals surface area contributed by atoms with Gasteiger partial charge in [-0.3, -0.25) is 4.79 Å². The van der Waals surface area contributed by atoms with E-state index in [9.17, 15) is 4.79 Å². The second kappa shape index (κ2) is 5.06. The Labute approximate surface area is 116 Å². The van der Waals surface area contributed by atoms with Crippen molar-refractivity contribution in [1.29, 1.82) is 0 Å². The number of hydrogen-bond donors (Lipinski definition) is 2. The fourth-order valence-corrected chi connectivity index (χ4v) is 4.14. The summed E-state index contributed by atoms with van der Waals surface area (Å²) in [4.78, 5) is 11.2. The predicted molar refractivity (Wildman–Crippen MR) is 75.6 cm³/mol. The van der Waals surface area contributed by atoms with Crippen LogP contribution in [0.3, 0.4) is 0 Å². The Morgan fingerprint density at radius 2 is 2.16 bits per heavy atom. The summed E-state index contributed by atoms with van der Waals surface area (Å²) in [5.41, 5.74) is 5.98. The summed E-state index contributed by atoms with van der Waals surface area (Å²) < 4.78 is 6.11. The number of rotatable bonds is 6. The number of fused-ring (bicyclic) bond motifs is 2. The first-order valence-corrected chi connectivity index (χ1v) is 7.41. The van der Waals surface area contributed by atoms with E-state index in [2.05, 4.69) is 26.1 Å². The normalized spacial score (nSPS) is 37.5. The zero-order valence-electron chi connectivity index (χ0n) is 12.7. The maximum Gasteiger partial charge on any atom is 0.234 e. The average Bonchev–Trinajstić information content (AvgIpc) is 2.67. The Morgan fingerprint density at radius 3 is 2.58 bits per heavy atom. The summed E-state index contributed by atoms with van der Waals surface area (Å²) in [6.07, 6.45) is 4.77. The van der Waals surface area contributed by atoms with Crippen molar-refractivity contribution in [2.75, 3.05) is 13.7 Å². The van der Waals surface area contributed by atoms with Gasteiger partial charge in [0.05, 0.1) is 12.1 Å². The maximum absolute atomic E-state index is 11.2. The van der Waals surface area contributed by atoms with Gasteiger partial charge in [0.1, 0.15) is 0 Å². The van der Waals surface area contributed by atoms with Crippen molar-refractivity contribution in [3.63, 3.8) is 0 Å². The largest absolute Gasteiger partial charge is 0.378 e. The van der Waals surface area contributed by atoms with E-state index in [0.717, 1.165) is 5.92 Å². The van der Waals surface area contributed by atoms with E-state index >= 15 is 0 Å². The highest BCUT2D eigenvalue weighted by molar-refractivity contribution is 5.79. The zero-order valence-corrected chi connectivity index (χ0v) is 12.7. The number of nitrogens with one attached hydrogen (secondary N) is 1. The Hall–Kier alpha value is -0.610. The van der Waals surface area contributed by atoms with Crippen LogP contribution in [0.2, 0.25) is 0 Å². The minimum atomic E-state index is -0.300. The minimum Gasteiger partial charge on any atom is -0.378 e. The topological polar surface area (TPSA) is 64.3 Å². The van der Waals surface area contributed by atoms with E-state index in [4.69, 9.17) is 10.5 Å². The van der Waals surface area contributed by atoms with Gasteiger partial charge in [-0.25, -0.2) is 0 Å². The molecule has 0 aromatic rings. The van der Waals surface area contributed by atoms with Crippen molar-refractivity contribution in [1.82, 2.24) is 5.32 Å². The monoisotopic (exact) mass is 268 g/mol. The lowest BCUT2D eigenvalue weighted by atomic mass is 9.70. The SMILES string of the molecule is CNC(CCOC1CC2CCC1(C)C2(C)C)C(N)=O. The third kappa shape index (κ3) is 2.29. The van der Waals surface area contributed by atoms with Gasteiger partial charge in [0.15, 0.2) is 0 Å². The number of primary amides is 1. The van der Waals surface area contributed by atoms with Gasteiger partial charge in [-0.1, -0.05) is 20.8 Å². The molecule has 4 atom stereocenters. The zero-order chi connectivity index (χ0) is 14.3. The van der Waals surface area contributed by atoms with Gasteiger partial charge in [-0.2, -0.15) is 0 Å². The number of carbonyl (C=O) groups is 1. The standard InChI is InChI=1S/C15H28N2O2/c1-14(2)10-5-7-15(14,3)12(9-10)19-8-6-11(17-4)13(16)18/h10-12,17H,5-9H2,1-4H3,(H2,16,18). The average molecular weight is 268 g/mol. The quantitative estimate of drug-likeness (QED) is 0.770. The number of hydrogen-bond acceptors (Lipinski definition) is 3. The van der Waals surface area contributed by atoms with Crippen molar-refractivity contribution in [2.24, 2.45) is 22.5 Å². The molecule has 19 heavy (non-hydrogen) atoms. The Kier molecular flexibility index (Phi) is 3.94. The van der Waals surface area contributed by atoms with Gasteiger partial charge in [0.2, 0.25) is 5.91 Å². The van der Waals surface area contributed by atoms with Crippen LogP contribution in [0.25, 0.3) is 0 Å². The van der Waals surface area contributed by atoms with Crippen LogP contribution < -0.4 is 11.1 Å². The summed E-state index contributed by atoms with van der Waals surface area (Å²) in [5.74, 6) is 0.490. The highest BCUT2D eigenvalue weighted by Crippen LogP contribution is 2.66. The summed E-state index contributed by atoms with van der Waals surface area (Å²) in [6, 6.07) is -0.278. The summed E-state index contributed by atoms with van der Waals surface area (Å²) in [5, 5.41) is 2.93. The molecule has 3 N–H and O–H groups in total. The van der Waals surface area contributed by atoms with E-state index < -0.39 is 0 Å². The number of nitrogens with two attached hydrogens (primary N) is 1. The molecule has 2 aliphatic rings. The van der Waals surface area contributed by atoms with Gasteiger partial charge in [0, 0.05) is 6.61 Å². The lowest BCUT2D eigenvalue weighted by molar-refractivity contribution is -0.120. The number of carbonyl (C=O) groups excluding carboxylic acids is 1. The Bertz CT molecular complexity index is 356. The minimum absolute atomic E-state index is 0.278. The molecule has 4 heteroatoms. The molecule has 0 heterocycles. The predicted octanol–water partition coefficient (Wildman–Crippen LogP) is 1.68. The molecule has 2 rings (SSSR count). The molecule has 2 aliphatic carbocycles. The molecule has 2 fully saturated rings. The van der Waals surface area contributed by atoms with Crippen LogP contribution in [-0.2, 0) is 9.53 Å². The van der Waals surface area contributed by atoms with Crippen LogP contribution in [0.15, 0.2) is 0 Å². The molecule has 0 aliphatic heterocycles. The number of likely N-dealkylation sites (N-methyl/N-ethyl adjacent to an activating group) is 1. The smallest absolute Gasteiger partial charge is 0.234 e. The van der Waals surface area contributed by atoms with Crippen LogP contribution >= 0.6 is 0 Å². The molecule has 0 radical (unpaired) electrons. The molecule has 0 spiro atoms. The van der Waals surface area contributed by atoms with Gasteiger partial charge in [-0.15, -0.1) is 0 Å². The van der Waals surface area contributed by atoms with E-state index in [0.29, 0.717) is 30.0 Å². The fourth-order valence-electron chi connectivity index (χ4n) is 4.14. The van der Waals surface area contributed by atoms with Gasteiger partial charge in [-0.05, 0) is 49.5 Å². The molecule has 4 nitrogen and oxygen atoms in total. The second-order valence-electron chi connectivity index (χ2n) is 7.00. The molecular weight excluding hydrogens is 240 g/mol. The first-order chi connectivity index (χ1) is 8.83. The summed E-state index contributed by atoms with van der Waals surface area (Å²) in [7, 11) is 1.76. The van der Waals surface area contributed by atoms with Crippen LogP contribution in [0.1, 0.15) is 46.5 Å². The fraction of sp³-hybridized carbons (Fsp3) is 0.933. The van der Waals surface area contributed by atoms with Crippen LogP contribution in [-0.4, -0.2) is 31.7 Å². The van der Waals surface area contributed by atoms with Crippen LogP contribution in [0, 0.1) is 16.7 Å². The van der Waals surface area contributed by atoms with Gasteiger partial charge >= 0.3 is 0 Å². The Balaban J connectivity index is 1.87. The third-order valence-corrected chi connectivity index (χ3v) is 6.13. The van der Waals surface area contributed by atoms with Crippen molar-refractivity contribution < 1.29 is 9.53 Å². The van der Waals surface area contributed by atoms with E-state index in [-0.39, 0.29) is 11.9 Å². The molecule has 0 saturated heterocycles. The van der Waals surface area contributed by atoms with Crippen molar-refractivity contribution in [2.45, 2.75) is 58.6 Å². The maximum atomic E-state index is 11.2. The van der Waals surface area contributed by atoms with E-state index in [1.807, 2.05) is 0 Å². The highest BCUT2D eigenvalue weighted by Gasteiger charge is 2.61. The van der Waals surface area contributed by atoms with Crippen LogP contribution in [0.5, 0.6) is 0 Å².